The van der Waals surface area contributed by atoms with Crippen LogP contribution in [0.25, 0.3) is 0 Å². The summed E-state index contributed by atoms with van der Waals surface area (Å²) in [6.45, 7) is 1.81. The van der Waals surface area contributed by atoms with Crippen molar-refractivity contribution in [3.8, 4) is 17.6 Å². The lowest BCUT2D eigenvalue weighted by molar-refractivity contribution is 0.384. The monoisotopic (exact) mass is 312 g/mol. The van der Waals surface area contributed by atoms with Crippen molar-refractivity contribution in [2.75, 3.05) is 19.5 Å². The van der Waals surface area contributed by atoms with E-state index in [4.69, 9.17) is 19.7 Å². The van der Waals surface area contributed by atoms with Gasteiger partial charge in [-0.2, -0.15) is 5.26 Å². The molecule has 118 valence electrons. The van der Waals surface area contributed by atoms with Crippen LogP contribution in [0.4, 0.5) is 5.88 Å². The Balaban J connectivity index is 2.34. The lowest BCUT2D eigenvalue weighted by Gasteiger charge is -2.26. The van der Waals surface area contributed by atoms with Crippen LogP contribution >= 0.6 is 0 Å². The zero-order valence-corrected chi connectivity index (χ0v) is 13.0. The van der Waals surface area contributed by atoms with Gasteiger partial charge >= 0.3 is 0 Å². The van der Waals surface area contributed by atoms with Crippen molar-refractivity contribution in [3.05, 3.63) is 46.4 Å². The topological polar surface area (TPSA) is 106 Å². The van der Waals surface area contributed by atoms with Gasteiger partial charge in [-0.05, 0) is 19.1 Å². The molecule has 7 heteroatoms. The Hall–Kier alpha value is -3.14. The van der Waals surface area contributed by atoms with E-state index in [1.807, 2.05) is 25.1 Å². The van der Waals surface area contributed by atoms with Crippen molar-refractivity contribution in [2.24, 2.45) is 5.73 Å². The van der Waals surface area contributed by atoms with Gasteiger partial charge in [-0.3, -0.25) is 0 Å². The number of methoxy groups -OCH3 is 2. The first-order valence-corrected chi connectivity index (χ1v) is 6.96. The van der Waals surface area contributed by atoms with Gasteiger partial charge in [0, 0.05) is 5.56 Å². The number of fused-ring (bicyclic) bond motifs is 1. The number of ether oxygens (including phenoxy) is 2. The zero-order valence-electron chi connectivity index (χ0n) is 13.0. The molecule has 0 saturated carbocycles. The van der Waals surface area contributed by atoms with Gasteiger partial charge in [0.2, 0.25) is 5.88 Å². The van der Waals surface area contributed by atoms with E-state index in [2.05, 4.69) is 16.5 Å². The van der Waals surface area contributed by atoms with E-state index in [9.17, 15) is 5.26 Å². The van der Waals surface area contributed by atoms with E-state index >= 15 is 0 Å². The van der Waals surface area contributed by atoms with Crippen molar-refractivity contribution < 1.29 is 14.0 Å². The molecular formula is C16H16N4O3. The minimum absolute atomic E-state index is 0.231. The highest BCUT2D eigenvalue weighted by Crippen LogP contribution is 2.48. The molecule has 1 aromatic heterocycles. The SMILES string of the molecule is COc1cccc(OC)c1[C@H]1C(C#N)=C(N)Nc2onc(C)c21. The average molecular weight is 312 g/mol. The van der Waals surface area contributed by atoms with Crippen LogP contribution in [-0.2, 0) is 0 Å². The standard InChI is InChI=1S/C16H16N4O3/c1-8-12-13(9(7-17)15(18)19-16(12)23-20-8)14-10(21-2)5-4-6-11(14)22-3/h4-6,13,19H,18H2,1-3H3/t13-/m0/s1. The lowest BCUT2D eigenvalue weighted by atomic mass is 9.82. The van der Waals surface area contributed by atoms with Crippen molar-refractivity contribution in [2.45, 2.75) is 12.8 Å². The number of hydrogen-bond acceptors (Lipinski definition) is 7. The number of benzene rings is 1. The molecule has 1 aliphatic heterocycles. The number of anilines is 1. The highest BCUT2D eigenvalue weighted by atomic mass is 16.5. The van der Waals surface area contributed by atoms with E-state index in [0.29, 0.717) is 34.2 Å². The molecule has 23 heavy (non-hydrogen) atoms. The quantitative estimate of drug-likeness (QED) is 0.895. The number of aromatic nitrogens is 1. The van der Waals surface area contributed by atoms with Crippen LogP contribution in [0.3, 0.4) is 0 Å². The number of nitrogens with two attached hydrogens (primary N) is 1. The van der Waals surface area contributed by atoms with E-state index in [1.165, 1.54) is 0 Å². The molecule has 0 saturated heterocycles. The fraction of sp³-hybridized carbons (Fsp3) is 0.250. The fourth-order valence-electron chi connectivity index (χ4n) is 2.87. The van der Waals surface area contributed by atoms with E-state index in [-0.39, 0.29) is 5.82 Å². The molecule has 3 N–H and O–H groups in total. The molecule has 1 aliphatic rings. The predicted molar refractivity (Wildman–Crippen MR) is 83.1 cm³/mol. The van der Waals surface area contributed by atoms with E-state index in [1.54, 1.807) is 14.2 Å². The molecule has 0 unspecified atom stereocenters. The maximum absolute atomic E-state index is 9.61. The molecular weight excluding hydrogens is 296 g/mol. The summed E-state index contributed by atoms with van der Waals surface area (Å²) in [5.41, 5.74) is 8.50. The number of rotatable bonds is 3. The molecule has 1 aromatic carbocycles. The van der Waals surface area contributed by atoms with Crippen LogP contribution in [0.1, 0.15) is 22.7 Å². The van der Waals surface area contributed by atoms with Gasteiger partial charge in [0.25, 0.3) is 0 Å². The molecule has 7 nitrogen and oxygen atoms in total. The van der Waals surface area contributed by atoms with Gasteiger partial charge in [0.1, 0.15) is 17.3 Å². The molecule has 0 spiro atoms. The van der Waals surface area contributed by atoms with Gasteiger partial charge in [0.15, 0.2) is 0 Å². The summed E-state index contributed by atoms with van der Waals surface area (Å²) in [6.07, 6.45) is 0. The Morgan fingerprint density at radius 3 is 2.48 bits per heavy atom. The first-order valence-electron chi connectivity index (χ1n) is 6.96. The molecule has 0 amide bonds. The Kier molecular flexibility index (Phi) is 3.58. The molecule has 0 radical (unpaired) electrons. The summed E-state index contributed by atoms with van der Waals surface area (Å²) in [5, 5.41) is 16.5. The maximum atomic E-state index is 9.61. The number of aryl methyl sites for hydroxylation is 1. The van der Waals surface area contributed by atoms with Crippen LogP contribution in [-0.4, -0.2) is 19.4 Å². The van der Waals surface area contributed by atoms with Crippen molar-refractivity contribution in [1.29, 1.82) is 5.26 Å². The van der Waals surface area contributed by atoms with Crippen molar-refractivity contribution in [1.82, 2.24) is 5.16 Å². The molecule has 1 atom stereocenters. The smallest absolute Gasteiger partial charge is 0.234 e. The van der Waals surface area contributed by atoms with E-state index < -0.39 is 5.92 Å². The Labute approximate surface area is 133 Å². The third-order valence-electron chi connectivity index (χ3n) is 3.90. The third-order valence-corrected chi connectivity index (χ3v) is 3.90. The Bertz CT molecular complexity index is 810. The molecule has 0 aliphatic carbocycles. The third kappa shape index (κ3) is 2.16. The molecule has 2 heterocycles. The first-order chi connectivity index (χ1) is 11.1. The molecule has 0 fully saturated rings. The lowest BCUT2D eigenvalue weighted by Crippen LogP contribution is -2.23. The van der Waals surface area contributed by atoms with Crippen LogP contribution in [0.5, 0.6) is 11.5 Å². The minimum atomic E-state index is -0.478. The fourth-order valence-corrected chi connectivity index (χ4v) is 2.87. The predicted octanol–water partition coefficient (Wildman–Crippen LogP) is 2.25. The zero-order chi connectivity index (χ0) is 16.6. The van der Waals surface area contributed by atoms with E-state index in [0.717, 1.165) is 5.56 Å². The van der Waals surface area contributed by atoms with Gasteiger partial charge in [-0.25, -0.2) is 0 Å². The maximum Gasteiger partial charge on any atom is 0.234 e. The average Bonchev–Trinajstić information content (AvgIpc) is 2.93. The number of nitriles is 1. The number of hydrogen-bond donors (Lipinski definition) is 2. The second-order valence-electron chi connectivity index (χ2n) is 5.08. The summed E-state index contributed by atoms with van der Waals surface area (Å²) < 4.78 is 16.2. The van der Waals surface area contributed by atoms with Crippen molar-refractivity contribution in [3.63, 3.8) is 0 Å². The Morgan fingerprint density at radius 2 is 1.91 bits per heavy atom. The molecule has 0 bridgehead atoms. The first kappa shape index (κ1) is 14.8. The normalized spacial score (nSPS) is 16.3. The van der Waals surface area contributed by atoms with Gasteiger partial charge in [-0.15, -0.1) is 0 Å². The summed E-state index contributed by atoms with van der Waals surface area (Å²) in [6, 6.07) is 7.62. The van der Waals surface area contributed by atoms with Crippen LogP contribution in [0.15, 0.2) is 34.1 Å². The van der Waals surface area contributed by atoms with Gasteiger partial charge in [0.05, 0.1) is 43.0 Å². The van der Waals surface area contributed by atoms with Gasteiger partial charge < -0.3 is 25.0 Å². The number of allylic oxidation sites excluding steroid dienone is 1. The number of nitrogens with one attached hydrogen (secondary N) is 1. The second-order valence-corrected chi connectivity index (χ2v) is 5.08. The highest BCUT2D eigenvalue weighted by Gasteiger charge is 2.37. The van der Waals surface area contributed by atoms with Crippen LogP contribution in [0.2, 0.25) is 0 Å². The largest absolute Gasteiger partial charge is 0.496 e. The summed E-state index contributed by atoms with van der Waals surface area (Å²) in [4.78, 5) is 0. The van der Waals surface area contributed by atoms with Crippen LogP contribution < -0.4 is 20.5 Å². The number of nitrogens with zero attached hydrogens (tertiary/aromatic N) is 2. The minimum Gasteiger partial charge on any atom is -0.496 e. The summed E-state index contributed by atoms with van der Waals surface area (Å²) in [5.74, 6) is 1.38. The summed E-state index contributed by atoms with van der Waals surface area (Å²) >= 11 is 0. The van der Waals surface area contributed by atoms with Crippen molar-refractivity contribution >= 4 is 5.88 Å². The molecule has 2 aromatic rings. The van der Waals surface area contributed by atoms with Gasteiger partial charge in [-0.1, -0.05) is 11.2 Å². The highest BCUT2D eigenvalue weighted by molar-refractivity contribution is 5.67. The Morgan fingerprint density at radius 1 is 1.26 bits per heavy atom. The summed E-state index contributed by atoms with van der Waals surface area (Å²) in [7, 11) is 3.14. The van der Waals surface area contributed by atoms with Crippen LogP contribution in [0, 0.1) is 18.3 Å². The second kappa shape index (κ2) is 5.57. The molecule has 3 rings (SSSR count).